The SMILES string of the molecule is Cc1cc(S(=O)(=O)Nc2ccc(C(=O)O)cc2F)c(C)s1. The van der Waals surface area contributed by atoms with Crippen LogP contribution in [0, 0.1) is 19.7 Å². The molecule has 2 rings (SSSR count). The molecule has 1 heterocycles. The van der Waals surface area contributed by atoms with Crippen molar-refractivity contribution in [3.05, 3.63) is 45.4 Å². The number of anilines is 1. The van der Waals surface area contributed by atoms with Crippen molar-refractivity contribution in [3.8, 4) is 0 Å². The highest BCUT2D eigenvalue weighted by Gasteiger charge is 2.21. The summed E-state index contributed by atoms with van der Waals surface area (Å²) in [5.41, 5.74) is -0.541. The third-order valence-corrected chi connectivity index (χ3v) is 5.33. The van der Waals surface area contributed by atoms with E-state index in [4.69, 9.17) is 5.11 Å². The molecule has 0 atom stereocenters. The van der Waals surface area contributed by atoms with Gasteiger partial charge in [0.25, 0.3) is 10.0 Å². The van der Waals surface area contributed by atoms with Crippen LogP contribution in [0.25, 0.3) is 0 Å². The molecule has 112 valence electrons. The summed E-state index contributed by atoms with van der Waals surface area (Å²) >= 11 is 1.33. The third kappa shape index (κ3) is 3.22. The Hall–Kier alpha value is -1.93. The Labute approximate surface area is 125 Å². The van der Waals surface area contributed by atoms with E-state index in [-0.39, 0.29) is 16.1 Å². The normalized spacial score (nSPS) is 11.4. The van der Waals surface area contributed by atoms with E-state index in [9.17, 15) is 17.6 Å². The van der Waals surface area contributed by atoms with Gasteiger partial charge in [0.1, 0.15) is 10.7 Å². The van der Waals surface area contributed by atoms with Crippen molar-refractivity contribution in [2.45, 2.75) is 18.7 Å². The van der Waals surface area contributed by atoms with Gasteiger partial charge in [0.2, 0.25) is 0 Å². The molecule has 0 radical (unpaired) electrons. The molecule has 0 bridgehead atoms. The van der Waals surface area contributed by atoms with Gasteiger partial charge in [-0.05, 0) is 38.1 Å². The molecule has 0 saturated heterocycles. The van der Waals surface area contributed by atoms with E-state index >= 15 is 0 Å². The molecule has 0 aliphatic rings. The lowest BCUT2D eigenvalue weighted by Gasteiger charge is -2.09. The van der Waals surface area contributed by atoms with Crippen LogP contribution in [0.1, 0.15) is 20.1 Å². The minimum atomic E-state index is -3.91. The molecule has 0 saturated carbocycles. The Morgan fingerprint density at radius 1 is 1.29 bits per heavy atom. The van der Waals surface area contributed by atoms with Crippen molar-refractivity contribution < 1.29 is 22.7 Å². The van der Waals surface area contributed by atoms with Crippen LogP contribution in [0.15, 0.2) is 29.2 Å². The Kier molecular flexibility index (Phi) is 4.02. The number of carbonyl (C=O) groups is 1. The molecule has 0 aliphatic heterocycles. The van der Waals surface area contributed by atoms with Crippen LogP contribution < -0.4 is 4.72 Å². The van der Waals surface area contributed by atoms with Gasteiger partial charge in [-0.1, -0.05) is 0 Å². The fourth-order valence-corrected chi connectivity index (χ4v) is 4.43. The van der Waals surface area contributed by atoms with Crippen LogP contribution in [0.4, 0.5) is 10.1 Å². The molecular formula is C13H12FNO4S2. The van der Waals surface area contributed by atoms with Crippen molar-refractivity contribution >= 4 is 33.0 Å². The van der Waals surface area contributed by atoms with Gasteiger partial charge in [-0.15, -0.1) is 11.3 Å². The summed E-state index contributed by atoms with van der Waals surface area (Å²) in [6.45, 7) is 3.44. The van der Waals surface area contributed by atoms with E-state index in [2.05, 4.69) is 4.72 Å². The van der Waals surface area contributed by atoms with Crippen molar-refractivity contribution in [1.29, 1.82) is 0 Å². The van der Waals surface area contributed by atoms with Crippen molar-refractivity contribution in [2.75, 3.05) is 4.72 Å². The number of nitrogens with one attached hydrogen (secondary N) is 1. The number of aryl methyl sites for hydroxylation is 2. The lowest BCUT2D eigenvalue weighted by molar-refractivity contribution is 0.0696. The third-order valence-electron chi connectivity index (χ3n) is 2.75. The Morgan fingerprint density at radius 3 is 2.43 bits per heavy atom. The molecule has 0 amide bonds. The largest absolute Gasteiger partial charge is 0.478 e. The van der Waals surface area contributed by atoms with E-state index in [0.29, 0.717) is 4.88 Å². The second-order valence-electron chi connectivity index (χ2n) is 4.38. The van der Waals surface area contributed by atoms with Crippen LogP contribution in [0.5, 0.6) is 0 Å². The van der Waals surface area contributed by atoms with Crippen LogP contribution in [0.2, 0.25) is 0 Å². The van der Waals surface area contributed by atoms with Crippen molar-refractivity contribution in [2.24, 2.45) is 0 Å². The second kappa shape index (κ2) is 5.45. The minimum Gasteiger partial charge on any atom is -0.478 e. The number of thiophene rings is 1. The summed E-state index contributed by atoms with van der Waals surface area (Å²) in [5, 5.41) is 8.75. The van der Waals surface area contributed by atoms with Gasteiger partial charge in [0.05, 0.1) is 11.3 Å². The molecule has 5 nitrogen and oxygen atoms in total. The maximum Gasteiger partial charge on any atom is 0.335 e. The predicted molar refractivity (Wildman–Crippen MR) is 78.0 cm³/mol. The zero-order chi connectivity index (χ0) is 15.8. The number of hydrogen-bond acceptors (Lipinski definition) is 4. The first-order valence-electron chi connectivity index (χ1n) is 5.83. The van der Waals surface area contributed by atoms with Gasteiger partial charge in [-0.25, -0.2) is 17.6 Å². The maximum absolute atomic E-state index is 13.8. The molecule has 1 aromatic carbocycles. The van der Waals surface area contributed by atoms with E-state index in [1.165, 1.54) is 17.4 Å². The molecule has 2 aromatic rings. The fourth-order valence-electron chi connectivity index (χ4n) is 1.80. The lowest BCUT2D eigenvalue weighted by atomic mass is 10.2. The van der Waals surface area contributed by atoms with Gasteiger partial charge in [-0.3, -0.25) is 4.72 Å². The van der Waals surface area contributed by atoms with Gasteiger partial charge >= 0.3 is 5.97 Å². The first-order chi connectivity index (χ1) is 9.70. The van der Waals surface area contributed by atoms with Crippen molar-refractivity contribution in [3.63, 3.8) is 0 Å². The first-order valence-corrected chi connectivity index (χ1v) is 8.13. The lowest BCUT2D eigenvalue weighted by Crippen LogP contribution is -2.14. The second-order valence-corrected chi connectivity index (χ2v) is 7.49. The Morgan fingerprint density at radius 2 is 1.95 bits per heavy atom. The smallest absolute Gasteiger partial charge is 0.335 e. The van der Waals surface area contributed by atoms with Gasteiger partial charge < -0.3 is 5.11 Å². The molecule has 0 unspecified atom stereocenters. The van der Waals surface area contributed by atoms with Crippen molar-refractivity contribution in [1.82, 2.24) is 0 Å². The maximum atomic E-state index is 13.8. The molecule has 21 heavy (non-hydrogen) atoms. The standard InChI is InChI=1S/C13H12FNO4S2/c1-7-5-12(8(2)20-7)21(18,19)15-11-4-3-9(13(16)17)6-10(11)14/h3-6,15H,1-2H3,(H,16,17). The van der Waals surface area contributed by atoms with Gasteiger partial charge in [0, 0.05) is 9.75 Å². The number of halogens is 1. The highest BCUT2D eigenvalue weighted by molar-refractivity contribution is 7.93. The Balaban J connectivity index is 2.37. The van der Waals surface area contributed by atoms with Crippen LogP contribution in [-0.4, -0.2) is 19.5 Å². The number of hydrogen-bond donors (Lipinski definition) is 2. The molecule has 2 N–H and O–H groups in total. The number of aromatic carboxylic acids is 1. The molecule has 0 aliphatic carbocycles. The summed E-state index contributed by atoms with van der Waals surface area (Å²) in [4.78, 5) is 12.2. The monoisotopic (exact) mass is 329 g/mol. The number of benzene rings is 1. The average molecular weight is 329 g/mol. The molecule has 0 spiro atoms. The zero-order valence-electron chi connectivity index (χ0n) is 11.2. The number of carboxylic acids is 1. The van der Waals surface area contributed by atoms with Gasteiger partial charge in [0.15, 0.2) is 0 Å². The first kappa shape index (κ1) is 15.5. The quantitative estimate of drug-likeness (QED) is 0.903. The molecular weight excluding hydrogens is 317 g/mol. The fraction of sp³-hybridized carbons (Fsp3) is 0.154. The number of rotatable bonds is 4. The minimum absolute atomic E-state index is 0.0895. The summed E-state index contributed by atoms with van der Waals surface area (Å²) in [6, 6.07) is 4.50. The van der Waals surface area contributed by atoms with Crippen LogP contribution >= 0.6 is 11.3 Å². The van der Waals surface area contributed by atoms with Crippen LogP contribution in [0.3, 0.4) is 0 Å². The zero-order valence-corrected chi connectivity index (χ0v) is 12.8. The molecule has 0 fully saturated rings. The topological polar surface area (TPSA) is 83.5 Å². The Bertz CT molecular complexity index is 812. The van der Waals surface area contributed by atoms with E-state index in [1.807, 2.05) is 0 Å². The highest BCUT2D eigenvalue weighted by atomic mass is 32.2. The predicted octanol–water partition coefficient (Wildman–Crippen LogP) is 3.00. The summed E-state index contributed by atoms with van der Waals surface area (Å²) in [7, 11) is -3.91. The van der Waals surface area contributed by atoms with Gasteiger partial charge in [-0.2, -0.15) is 0 Å². The van der Waals surface area contributed by atoms with E-state index in [1.54, 1.807) is 13.8 Å². The van der Waals surface area contributed by atoms with E-state index in [0.717, 1.165) is 23.1 Å². The average Bonchev–Trinajstić information content (AvgIpc) is 2.71. The summed E-state index contributed by atoms with van der Waals surface area (Å²) in [6.07, 6.45) is 0. The van der Waals surface area contributed by atoms with E-state index < -0.39 is 21.8 Å². The highest BCUT2D eigenvalue weighted by Crippen LogP contribution is 2.27. The summed E-state index contributed by atoms with van der Waals surface area (Å²) in [5.74, 6) is -2.23. The number of carboxylic acid groups (broad SMARTS) is 1. The van der Waals surface area contributed by atoms with Crippen LogP contribution in [-0.2, 0) is 10.0 Å². The summed E-state index contributed by atoms with van der Waals surface area (Å²) < 4.78 is 40.3. The number of sulfonamides is 1. The molecule has 8 heteroatoms. The molecule has 1 aromatic heterocycles.